The van der Waals surface area contributed by atoms with Crippen LogP contribution in [0.15, 0.2) is 85.4 Å². The third-order valence-electron chi connectivity index (χ3n) is 5.61. The fourth-order valence-corrected chi connectivity index (χ4v) is 4.02. The van der Waals surface area contributed by atoms with Gasteiger partial charge in [0.05, 0.1) is 12.8 Å². The van der Waals surface area contributed by atoms with Crippen molar-refractivity contribution >= 4 is 33.7 Å². The van der Waals surface area contributed by atoms with Gasteiger partial charge < -0.3 is 14.2 Å². The number of hydrogen-bond donors (Lipinski definition) is 1. The van der Waals surface area contributed by atoms with Crippen LogP contribution in [0.25, 0.3) is 22.1 Å². The van der Waals surface area contributed by atoms with Gasteiger partial charge in [-0.3, -0.25) is 14.2 Å². The molecule has 5 rings (SSSR count). The number of amides is 1. The number of carbonyl (C=O) groups excluding carboxylic acids is 1. The third-order valence-corrected chi connectivity index (χ3v) is 5.61. The summed E-state index contributed by atoms with van der Waals surface area (Å²) in [4.78, 5) is 39.6. The lowest BCUT2D eigenvalue weighted by molar-refractivity contribution is -0.116. The maximum atomic E-state index is 13.4. The molecule has 3 heterocycles. The normalized spacial score (nSPS) is 11.3. The number of para-hydroxylation sites is 2. The molecular formula is C25H21N3O5. The number of carbonyl (C=O) groups is 1. The molecular weight excluding hydrogens is 422 g/mol. The summed E-state index contributed by atoms with van der Waals surface area (Å²) in [5, 5.41) is 3.48. The molecule has 0 aliphatic carbocycles. The van der Waals surface area contributed by atoms with E-state index in [0.717, 1.165) is 16.6 Å². The molecule has 33 heavy (non-hydrogen) atoms. The first-order valence-corrected chi connectivity index (χ1v) is 10.6. The third kappa shape index (κ3) is 3.65. The lowest BCUT2D eigenvalue weighted by Crippen LogP contribution is -2.41. The van der Waals surface area contributed by atoms with Gasteiger partial charge in [0, 0.05) is 11.1 Å². The van der Waals surface area contributed by atoms with E-state index < -0.39 is 11.2 Å². The number of anilines is 1. The van der Waals surface area contributed by atoms with Gasteiger partial charge in [0.25, 0.3) is 5.56 Å². The lowest BCUT2D eigenvalue weighted by Gasteiger charge is -2.13. The molecule has 0 radical (unpaired) electrons. The van der Waals surface area contributed by atoms with Crippen molar-refractivity contribution in [2.75, 3.05) is 5.32 Å². The van der Waals surface area contributed by atoms with Crippen molar-refractivity contribution < 1.29 is 13.6 Å². The van der Waals surface area contributed by atoms with Gasteiger partial charge in [0.2, 0.25) is 11.5 Å². The summed E-state index contributed by atoms with van der Waals surface area (Å²) in [6.45, 7) is 1.65. The molecule has 166 valence electrons. The van der Waals surface area contributed by atoms with Crippen LogP contribution in [-0.2, 0) is 24.3 Å². The molecule has 2 aromatic carbocycles. The van der Waals surface area contributed by atoms with Gasteiger partial charge in [-0.1, -0.05) is 37.3 Å². The quantitative estimate of drug-likeness (QED) is 0.431. The Bertz CT molecular complexity index is 1590. The number of nitrogens with one attached hydrogen (secondary N) is 1. The van der Waals surface area contributed by atoms with Crippen molar-refractivity contribution in [1.29, 1.82) is 0 Å². The highest BCUT2D eigenvalue weighted by atomic mass is 16.3. The first kappa shape index (κ1) is 20.6. The largest absolute Gasteiger partial charge is 0.467 e. The fourth-order valence-electron chi connectivity index (χ4n) is 4.02. The molecule has 5 aromatic rings. The average Bonchev–Trinajstić information content (AvgIpc) is 3.48. The van der Waals surface area contributed by atoms with Crippen molar-refractivity contribution in [2.45, 2.75) is 26.4 Å². The van der Waals surface area contributed by atoms with Gasteiger partial charge in [-0.05, 0) is 42.3 Å². The molecule has 0 unspecified atom stereocenters. The van der Waals surface area contributed by atoms with Crippen molar-refractivity contribution in [2.24, 2.45) is 0 Å². The Morgan fingerprint density at radius 3 is 2.55 bits per heavy atom. The van der Waals surface area contributed by atoms with E-state index in [1.54, 1.807) is 36.4 Å². The van der Waals surface area contributed by atoms with Crippen molar-refractivity contribution in [3.8, 4) is 0 Å². The van der Waals surface area contributed by atoms with E-state index in [0.29, 0.717) is 27.9 Å². The summed E-state index contributed by atoms with van der Waals surface area (Å²) >= 11 is 0. The molecule has 0 saturated carbocycles. The van der Waals surface area contributed by atoms with Crippen LogP contribution in [0.1, 0.15) is 18.2 Å². The van der Waals surface area contributed by atoms with Gasteiger partial charge >= 0.3 is 5.69 Å². The number of furan rings is 2. The predicted molar refractivity (Wildman–Crippen MR) is 124 cm³/mol. The standard InChI is InChI=1S/C25H21N3O5/c1-2-16-8-3-5-11-19(16)26-21(29)15-27-22-18-10-4-6-12-20(18)33-23(22)24(30)28(25(27)31)14-17-9-7-13-32-17/h3-13H,2,14-15H2,1H3,(H,26,29). The fraction of sp³-hybridized carbons (Fsp3) is 0.160. The summed E-state index contributed by atoms with van der Waals surface area (Å²) in [7, 11) is 0. The number of benzene rings is 2. The first-order valence-electron chi connectivity index (χ1n) is 10.6. The monoisotopic (exact) mass is 443 g/mol. The van der Waals surface area contributed by atoms with E-state index in [2.05, 4.69) is 5.32 Å². The molecule has 0 fully saturated rings. The molecule has 0 atom stereocenters. The molecule has 1 N–H and O–H groups in total. The molecule has 0 saturated heterocycles. The zero-order valence-electron chi connectivity index (χ0n) is 17.9. The molecule has 0 aliphatic rings. The van der Waals surface area contributed by atoms with Crippen LogP contribution in [0.2, 0.25) is 0 Å². The Kier molecular flexibility index (Phi) is 5.18. The number of hydrogen-bond acceptors (Lipinski definition) is 5. The van der Waals surface area contributed by atoms with Crippen LogP contribution in [0.5, 0.6) is 0 Å². The van der Waals surface area contributed by atoms with Crippen molar-refractivity contribution in [3.63, 3.8) is 0 Å². The number of nitrogens with zero attached hydrogens (tertiary/aromatic N) is 2. The van der Waals surface area contributed by atoms with E-state index in [1.165, 1.54) is 10.8 Å². The highest BCUT2D eigenvalue weighted by Crippen LogP contribution is 2.25. The molecule has 0 bridgehead atoms. The van der Waals surface area contributed by atoms with Crippen molar-refractivity contribution in [1.82, 2.24) is 9.13 Å². The molecule has 0 aliphatic heterocycles. The van der Waals surface area contributed by atoms with Crippen LogP contribution < -0.4 is 16.6 Å². The van der Waals surface area contributed by atoms with Crippen LogP contribution in [0.3, 0.4) is 0 Å². The number of rotatable bonds is 6. The molecule has 1 amide bonds. The van der Waals surface area contributed by atoms with Gasteiger partial charge in [0.1, 0.15) is 23.4 Å². The average molecular weight is 443 g/mol. The topological polar surface area (TPSA) is 99.4 Å². The Hall–Kier alpha value is -4.33. The first-order chi connectivity index (χ1) is 16.1. The lowest BCUT2D eigenvalue weighted by atomic mass is 10.1. The van der Waals surface area contributed by atoms with Crippen LogP contribution in [0.4, 0.5) is 5.69 Å². The second kappa shape index (κ2) is 8.31. The SMILES string of the molecule is CCc1ccccc1NC(=O)Cn1c(=O)n(Cc2ccco2)c(=O)c2oc3ccccc3c21. The number of aryl methyl sites for hydroxylation is 1. The van der Waals surface area contributed by atoms with E-state index in [4.69, 9.17) is 8.83 Å². The second-order valence-electron chi connectivity index (χ2n) is 7.67. The minimum atomic E-state index is -0.616. The van der Waals surface area contributed by atoms with Gasteiger partial charge in [-0.25, -0.2) is 9.36 Å². The minimum absolute atomic E-state index is 0.0177. The van der Waals surface area contributed by atoms with Gasteiger partial charge in [-0.2, -0.15) is 0 Å². The number of fused-ring (bicyclic) bond motifs is 3. The molecule has 8 nitrogen and oxygen atoms in total. The summed E-state index contributed by atoms with van der Waals surface area (Å²) in [5.74, 6) is 0.0605. The van der Waals surface area contributed by atoms with E-state index in [1.807, 2.05) is 31.2 Å². The Morgan fingerprint density at radius 1 is 0.970 bits per heavy atom. The molecule has 0 spiro atoms. The summed E-state index contributed by atoms with van der Waals surface area (Å²) in [6.07, 6.45) is 2.22. The zero-order chi connectivity index (χ0) is 22.9. The minimum Gasteiger partial charge on any atom is -0.467 e. The highest BCUT2D eigenvalue weighted by molar-refractivity contribution is 6.03. The maximum Gasteiger partial charge on any atom is 0.332 e. The zero-order valence-corrected chi connectivity index (χ0v) is 17.9. The van der Waals surface area contributed by atoms with Crippen LogP contribution in [0, 0.1) is 0 Å². The Balaban J connectivity index is 1.65. The van der Waals surface area contributed by atoms with E-state index in [9.17, 15) is 14.4 Å². The maximum absolute atomic E-state index is 13.4. The Morgan fingerprint density at radius 2 is 1.76 bits per heavy atom. The highest BCUT2D eigenvalue weighted by Gasteiger charge is 2.22. The van der Waals surface area contributed by atoms with E-state index in [-0.39, 0.29) is 24.6 Å². The van der Waals surface area contributed by atoms with Gasteiger partial charge in [-0.15, -0.1) is 0 Å². The second-order valence-corrected chi connectivity index (χ2v) is 7.67. The molecule has 8 heteroatoms. The van der Waals surface area contributed by atoms with Crippen LogP contribution >= 0.6 is 0 Å². The van der Waals surface area contributed by atoms with E-state index >= 15 is 0 Å². The van der Waals surface area contributed by atoms with Crippen LogP contribution in [-0.4, -0.2) is 15.0 Å². The molecule has 3 aromatic heterocycles. The summed E-state index contributed by atoms with van der Waals surface area (Å²) in [5.41, 5.74) is 1.27. The Labute approximate surface area is 187 Å². The summed E-state index contributed by atoms with van der Waals surface area (Å²) in [6, 6.07) is 17.9. The van der Waals surface area contributed by atoms with Crippen molar-refractivity contribution in [3.05, 3.63) is 99.1 Å². The predicted octanol–water partition coefficient (Wildman–Crippen LogP) is 3.75. The van der Waals surface area contributed by atoms with Gasteiger partial charge in [0.15, 0.2) is 0 Å². The smallest absolute Gasteiger partial charge is 0.332 e. The number of aromatic nitrogens is 2. The summed E-state index contributed by atoms with van der Waals surface area (Å²) < 4.78 is 13.5.